The molecule has 0 aliphatic carbocycles. The molecule has 21 heavy (non-hydrogen) atoms. The number of rotatable bonds is 5. The second-order valence-electron chi connectivity index (χ2n) is 4.75. The van der Waals surface area contributed by atoms with Crippen molar-refractivity contribution in [3.05, 3.63) is 58.1 Å². The lowest BCUT2D eigenvalue weighted by Crippen LogP contribution is -2.28. The molecule has 0 aromatic heterocycles. The SMILES string of the molecule is COc1cc(C(NN)c2cccc(C)c2)cc(Cl)c1OC. The second-order valence-corrected chi connectivity index (χ2v) is 5.16. The van der Waals surface area contributed by atoms with Crippen LogP contribution in [0, 0.1) is 6.92 Å². The highest BCUT2D eigenvalue weighted by Gasteiger charge is 2.18. The van der Waals surface area contributed by atoms with Gasteiger partial charge in [-0.05, 0) is 30.2 Å². The minimum Gasteiger partial charge on any atom is -0.493 e. The molecule has 0 aliphatic heterocycles. The molecule has 0 spiro atoms. The number of hydrazine groups is 1. The van der Waals surface area contributed by atoms with Crippen LogP contribution in [0.1, 0.15) is 22.7 Å². The number of hydrogen-bond acceptors (Lipinski definition) is 4. The predicted octanol–water partition coefficient (Wildman–Crippen LogP) is 3.22. The second kappa shape index (κ2) is 6.80. The van der Waals surface area contributed by atoms with Crippen LogP contribution in [-0.4, -0.2) is 14.2 Å². The van der Waals surface area contributed by atoms with Crippen LogP contribution in [0.2, 0.25) is 5.02 Å². The number of benzene rings is 2. The van der Waals surface area contributed by atoms with Crippen LogP contribution in [0.15, 0.2) is 36.4 Å². The third-order valence-corrected chi connectivity index (χ3v) is 3.61. The van der Waals surface area contributed by atoms with Gasteiger partial charge in [0.25, 0.3) is 0 Å². The van der Waals surface area contributed by atoms with Crippen molar-refractivity contribution in [2.45, 2.75) is 13.0 Å². The van der Waals surface area contributed by atoms with Gasteiger partial charge in [0.15, 0.2) is 11.5 Å². The Hall–Kier alpha value is -1.75. The van der Waals surface area contributed by atoms with Crippen molar-refractivity contribution in [2.24, 2.45) is 5.84 Å². The van der Waals surface area contributed by atoms with E-state index in [2.05, 4.69) is 11.5 Å². The van der Waals surface area contributed by atoms with Crippen molar-refractivity contribution in [1.29, 1.82) is 0 Å². The van der Waals surface area contributed by atoms with E-state index in [9.17, 15) is 0 Å². The molecule has 0 aliphatic rings. The molecule has 0 saturated carbocycles. The van der Waals surface area contributed by atoms with Crippen LogP contribution in [-0.2, 0) is 0 Å². The number of ether oxygens (including phenoxy) is 2. The molecule has 1 atom stereocenters. The zero-order valence-corrected chi connectivity index (χ0v) is 13.1. The van der Waals surface area contributed by atoms with Gasteiger partial charge in [-0.2, -0.15) is 0 Å². The lowest BCUT2D eigenvalue weighted by molar-refractivity contribution is 0.354. The maximum absolute atomic E-state index is 6.26. The Labute approximate surface area is 129 Å². The summed E-state index contributed by atoms with van der Waals surface area (Å²) in [7, 11) is 3.14. The molecule has 2 aromatic rings. The fraction of sp³-hybridized carbons (Fsp3) is 0.250. The fourth-order valence-electron chi connectivity index (χ4n) is 2.34. The third kappa shape index (κ3) is 3.29. The Morgan fingerprint density at radius 3 is 2.43 bits per heavy atom. The summed E-state index contributed by atoms with van der Waals surface area (Å²) in [6.45, 7) is 2.04. The molecule has 3 N–H and O–H groups in total. The molecule has 0 amide bonds. The standard InChI is InChI=1S/C16H19ClN2O2/c1-10-5-4-6-11(7-10)15(19-18)12-8-13(17)16(21-3)14(9-12)20-2/h4-9,15,19H,18H2,1-3H3. The molecular formula is C16H19ClN2O2. The van der Waals surface area contributed by atoms with Crippen LogP contribution >= 0.6 is 11.6 Å². The molecule has 112 valence electrons. The summed E-state index contributed by atoms with van der Waals surface area (Å²) in [4.78, 5) is 0. The molecular weight excluding hydrogens is 288 g/mol. The van der Waals surface area contributed by atoms with E-state index in [1.807, 2.05) is 37.3 Å². The molecule has 5 heteroatoms. The Morgan fingerprint density at radius 2 is 1.86 bits per heavy atom. The van der Waals surface area contributed by atoms with Gasteiger partial charge in [0.2, 0.25) is 0 Å². The summed E-state index contributed by atoms with van der Waals surface area (Å²) < 4.78 is 10.6. The van der Waals surface area contributed by atoms with Gasteiger partial charge < -0.3 is 9.47 Å². The highest BCUT2D eigenvalue weighted by Crippen LogP contribution is 2.38. The summed E-state index contributed by atoms with van der Waals surface area (Å²) in [6, 6.07) is 11.7. The molecule has 2 aromatic carbocycles. The Kier molecular flexibility index (Phi) is 5.07. The van der Waals surface area contributed by atoms with Crippen molar-refractivity contribution in [3.8, 4) is 11.5 Å². The lowest BCUT2D eigenvalue weighted by Gasteiger charge is -2.20. The summed E-state index contributed by atoms with van der Waals surface area (Å²) in [6.07, 6.45) is 0. The molecule has 0 radical (unpaired) electrons. The first-order valence-electron chi connectivity index (χ1n) is 6.54. The summed E-state index contributed by atoms with van der Waals surface area (Å²) in [5, 5.41) is 0.486. The zero-order valence-electron chi connectivity index (χ0n) is 12.3. The maximum atomic E-state index is 6.26. The minimum absolute atomic E-state index is 0.179. The van der Waals surface area contributed by atoms with Crippen LogP contribution in [0.25, 0.3) is 0 Å². The van der Waals surface area contributed by atoms with E-state index in [1.165, 1.54) is 5.56 Å². The van der Waals surface area contributed by atoms with Crippen molar-refractivity contribution < 1.29 is 9.47 Å². The first-order chi connectivity index (χ1) is 10.1. The first-order valence-corrected chi connectivity index (χ1v) is 6.92. The van der Waals surface area contributed by atoms with Crippen LogP contribution in [0.3, 0.4) is 0 Å². The molecule has 0 saturated heterocycles. The van der Waals surface area contributed by atoms with E-state index in [0.29, 0.717) is 16.5 Å². The quantitative estimate of drug-likeness (QED) is 0.658. The van der Waals surface area contributed by atoms with Gasteiger partial charge in [-0.15, -0.1) is 0 Å². The molecule has 4 nitrogen and oxygen atoms in total. The van der Waals surface area contributed by atoms with Crippen LogP contribution < -0.4 is 20.7 Å². The monoisotopic (exact) mass is 306 g/mol. The number of halogens is 1. The highest BCUT2D eigenvalue weighted by atomic mass is 35.5. The smallest absolute Gasteiger partial charge is 0.179 e. The number of aryl methyl sites for hydroxylation is 1. The van der Waals surface area contributed by atoms with Crippen molar-refractivity contribution in [1.82, 2.24) is 5.43 Å². The molecule has 1 unspecified atom stereocenters. The average molecular weight is 307 g/mol. The topological polar surface area (TPSA) is 56.5 Å². The van der Waals surface area contributed by atoms with Gasteiger partial charge in [-0.1, -0.05) is 41.4 Å². The third-order valence-electron chi connectivity index (χ3n) is 3.33. The zero-order chi connectivity index (χ0) is 15.4. The van der Waals surface area contributed by atoms with Crippen LogP contribution in [0.4, 0.5) is 0 Å². The number of hydrogen-bond donors (Lipinski definition) is 2. The molecule has 0 fully saturated rings. The van der Waals surface area contributed by atoms with Gasteiger partial charge in [-0.3, -0.25) is 5.84 Å². The van der Waals surface area contributed by atoms with E-state index in [1.54, 1.807) is 14.2 Å². The van der Waals surface area contributed by atoms with E-state index in [4.69, 9.17) is 26.9 Å². The average Bonchev–Trinajstić information content (AvgIpc) is 2.47. The number of nitrogens with two attached hydrogens (primary N) is 1. The Morgan fingerprint density at radius 1 is 1.10 bits per heavy atom. The molecule has 2 rings (SSSR count). The van der Waals surface area contributed by atoms with Crippen molar-refractivity contribution in [2.75, 3.05) is 14.2 Å². The Bertz CT molecular complexity index is 632. The van der Waals surface area contributed by atoms with E-state index in [0.717, 1.165) is 11.1 Å². The normalized spacial score (nSPS) is 12.0. The van der Waals surface area contributed by atoms with Crippen molar-refractivity contribution >= 4 is 11.6 Å². The summed E-state index contributed by atoms with van der Waals surface area (Å²) in [5.41, 5.74) is 5.95. The van der Waals surface area contributed by atoms with E-state index < -0.39 is 0 Å². The van der Waals surface area contributed by atoms with Gasteiger partial charge >= 0.3 is 0 Å². The summed E-state index contributed by atoms with van der Waals surface area (Å²) >= 11 is 6.26. The molecule has 0 heterocycles. The number of nitrogens with one attached hydrogen (secondary N) is 1. The predicted molar refractivity (Wildman–Crippen MR) is 84.9 cm³/mol. The summed E-state index contributed by atoms with van der Waals surface area (Å²) in [5.74, 6) is 6.83. The first kappa shape index (κ1) is 15.6. The van der Waals surface area contributed by atoms with E-state index >= 15 is 0 Å². The van der Waals surface area contributed by atoms with Crippen molar-refractivity contribution in [3.63, 3.8) is 0 Å². The Balaban J connectivity index is 2.50. The van der Waals surface area contributed by atoms with Gasteiger partial charge in [0.1, 0.15) is 0 Å². The van der Waals surface area contributed by atoms with Gasteiger partial charge in [0.05, 0.1) is 25.3 Å². The van der Waals surface area contributed by atoms with Gasteiger partial charge in [-0.25, -0.2) is 5.43 Å². The van der Waals surface area contributed by atoms with E-state index in [-0.39, 0.29) is 6.04 Å². The molecule has 0 bridgehead atoms. The van der Waals surface area contributed by atoms with Crippen LogP contribution in [0.5, 0.6) is 11.5 Å². The largest absolute Gasteiger partial charge is 0.493 e. The fourth-order valence-corrected chi connectivity index (χ4v) is 2.64. The van der Waals surface area contributed by atoms with Gasteiger partial charge in [0, 0.05) is 0 Å². The highest BCUT2D eigenvalue weighted by molar-refractivity contribution is 6.32. The maximum Gasteiger partial charge on any atom is 0.179 e. The minimum atomic E-state index is -0.179. The lowest BCUT2D eigenvalue weighted by atomic mass is 9.97. The number of methoxy groups -OCH3 is 2.